The Hall–Kier alpha value is -0.300. The summed E-state index contributed by atoms with van der Waals surface area (Å²) in [5.74, 6) is -7.88. The van der Waals surface area contributed by atoms with Crippen LogP contribution < -0.4 is 69.3 Å². The van der Waals surface area contributed by atoms with E-state index in [2.05, 4.69) is 0 Å². The Morgan fingerprint density at radius 2 is 1.00 bits per heavy atom. The van der Waals surface area contributed by atoms with E-state index in [4.69, 9.17) is 4.55 Å². The van der Waals surface area contributed by atoms with Gasteiger partial charge >= 0.3 is 71.1 Å². The molecule has 0 radical (unpaired) electrons. The molecule has 4 N–H and O–H groups in total. The maximum Gasteiger partial charge on any atom is 1.00 e. The Bertz CT molecular complexity index is 1100. The third-order valence-corrected chi connectivity index (χ3v) is 9.36. The summed E-state index contributed by atoms with van der Waals surface area (Å²) in [7, 11) is -10.2. The summed E-state index contributed by atoms with van der Waals surface area (Å²) in [6.07, 6.45) is 3.01. The van der Waals surface area contributed by atoms with Crippen molar-refractivity contribution in [2.75, 3.05) is 0 Å². The molecule has 0 aliphatic rings. The number of carbonyl (C=O) groups excluding carboxylic acids is 2. The summed E-state index contributed by atoms with van der Waals surface area (Å²) < 4.78 is 64.1. The quantitative estimate of drug-likeness (QED) is 0.0532. The van der Waals surface area contributed by atoms with Crippen LogP contribution in [0.1, 0.15) is 106 Å². The van der Waals surface area contributed by atoms with Crippen molar-refractivity contribution in [2.24, 2.45) is 22.7 Å². The van der Waals surface area contributed by atoms with Crippen LogP contribution in [-0.4, -0.2) is 70.5 Å². The van der Waals surface area contributed by atoms with Crippen LogP contribution >= 0.6 is 0 Å². The van der Waals surface area contributed by atoms with Crippen molar-refractivity contribution >= 4 is 44.1 Å². The van der Waals surface area contributed by atoms with Crippen LogP contribution in [0.2, 0.25) is 0 Å². The molecule has 0 fully saturated rings. The molecule has 0 aliphatic carbocycles. The van der Waals surface area contributed by atoms with Crippen molar-refractivity contribution in [1.29, 1.82) is 0 Å². The summed E-state index contributed by atoms with van der Waals surface area (Å²) >= 11 is 0. The number of carbonyl (C=O) groups is 4. The second-order valence-corrected chi connectivity index (χ2v) is 14.5. The van der Waals surface area contributed by atoms with Crippen molar-refractivity contribution in [3.8, 4) is 0 Å². The zero-order chi connectivity index (χ0) is 33.7. The smallest absolute Gasteiger partial charge is 0.549 e. The van der Waals surface area contributed by atoms with E-state index in [0.717, 1.165) is 12.8 Å². The van der Waals surface area contributed by atoms with Gasteiger partial charge in [0.2, 0.25) is 0 Å². The van der Waals surface area contributed by atoms with Crippen molar-refractivity contribution in [1.82, 2.24) is 0 Å². The van der Waals surface area contributed by atoms with E-state index in [1.54, 1.807) is 27.7 Å². The summed E-state index contributed by atoms with van der Waals surface area (Å²) in [5, 5.41) is 36.5. The molecule has 0 heterocycles. The molecule has 18 heteroatoms. The number of carboxylic acid groups (broad SMARTS) is 4. The summed E-state index contributed by atoms with van der Waals surface area (Å²) in [5.41, 5.74) is -4.22. The van der Waals surface area contributed by atoms with E-state index in [1.165, 1.54) is 0 Å². The topological polar surface area (TPSA) is 264 Å². The average molecular weight is 693 g/mol. The fourth-order valence-electron chi connectivity index (χ4n) is 5.40. The molecule has 0 amide bonds. The van der Waals surface area contributed by atoms with Gasteiger partial charge in [0.25, 0.3) is 20.2 Å². The molecular formula is C26H46Na2O14S2. The van der Waals surface area contributed by atoms with Crippen LogP contribution in [0, 0.1) is 22.7 Å². The van der Waals surface area contributed by atoms with Crippen LogP contribution in [0.5, 0.6) is 0 Å². The molecular weight excluding hydrogens is 646 g/mol. The number of aliphatic carboxylic acids is 4. The standard InChI is InChI=1S/C14H26O7S.C12H22O7S.2Na/c1-3-5-7-9-14(13(17)18,10-8-6-4-2)11(12(15)16)22(19,20)21;1-7(2)5-12(11(15)16,6-8(3)4)9(10(13)14)20(17,18)19;;/h11H,3-10H2,1-2H3,(H,15,16)(H,17,18)(H,19,20,21);7-9H,5-6H2,1-4H3,(H,13,14)(H,15,16)(H,17,18,19);;/q;;2*+1/p-2. The van der Waals surface area contributed by atoms with Gasteiger partial charge in [-0.2, -0.15) is 16.8 Å². The van der Waals surface area contributed by atoms with Crippen molar-refractivity contribution < 1.29 is 125 Å². The zero-order valence-corrected chi connectivity index (χ0v) is 32.7. The number of hydrogen-bond acceptors (Lipinski definition) is 10. The molecule has 2 atom stereocenters. The predicted molar refractivity (Wildman–Crippen MR) is 148 cm³/mol. The van der Waals surface area contributed by atoms with Gasteiger partial charge in [-0.1, -0.05) is 80.1 Å². The SMILES string of the molecule is CC(C)CC(CC(C)C)(C(=O)[O-])C(C(=O)[O-])S(=O)(=O)O.CCCCCC(CCCCC)(C(=O)O)C(C(=O)O)S(=O)(=O)O.[Na+].[Na+]. The number of carboxylic acids is 4. The van der Waals surface area contributed by atoms with Crippen molar-refractivity contribution in [3.05, 3.63) is 0 Å². The molecule has 0 rings (SSSR count). The van der Waals surface area contributed by atoms with Crippen LogP contribution in [0.3, 0.4) is 0 Å². The Kier molecular flexibility index (Phi) is 25.6. The third kappa shape index (κ3) is 16.0. The first-order chi connectivity index (χ1) is 19.0. The Labute approximate surface area is 305 Å². The molecule has 248 valence electrons. The molecule has 2 unspecified atom stereocenters. The summed E-state index contributed by atoms with van der Waals surface area (Å²) in [6.45, 7) is 10.3. The fourth-order valence-corrected chi connectivity index (χ4v) is 7.67. The Morgan fingerprint density at radius 1 is 0.659 bits per heavy atom. The van der Waals surface area contributed by atoms with E-state index in [0.29, 0.717) is 25.7 Å². The molecule has 0 aromatic rings. The number of rotatable bonds is 20. The molecule has 44 heavy (non-hydrogen) atoms. The monoisotopic (exact) mass is 692 g/mol. The van der Waals surface area contributed by atoms with E-state index >= 15 is 0 Å². The molecule has 14 nitrogen and oxygen atoms in total. The zero-order valence-electron chi connectivity index (χ0n) is 27.1. The maximum atomic E-state index is 11.8. The maximum absolute atomic E-state index is 11.8. The molecule has 0 saturated carbocycles. The van der Waals surface area contributed by atoms with Crippen molar-refractivity contribution in [2.45, 2.75) is 116 Å². The van der Waals surface area contributed by atoms with Gasteiger partial charge in [0.05, 0.1) is 11.4 Å². The summed E-state index contributed by atoms with van der Waals surface area (Å²) in [4.78, 5) is 45.7. The molecule has 0 aromatic carbocycles. The van der Waals surface area contributed by atoms with E-state index in [-0.39, 0.29) is 96.6 Å². The second-order valence-electron chi connectivity index (χ2n) is 11.5. The minimum absolute atomic E-state index is 0. The van der Waals surface area contributed by atoms with Crippen LogP contribution in [0.25, 0.3) is 0 Å². The van der Waals surface area contributed by atoms with Gasteiger partial charge in [0.15, 0.2) is 5.25 Å². The van der Waals surface area contributed by atoms with Crippen molar-refractivity contribution in [3.63, 3.8) is 0 Å². The van der Waals surface area contributed by atoms with E-state index in [9.17, 15) is 61.0 Å². The van der Waals surface area contributed by atoms with Gasteiger partial charge in [-0.3, -0.25) is 18.7 Å². The number of unbranched alkanes of at least 4 members (excludes halogenated alkanes) is 4. The Morgan fingerprint density at radius 3 is 1.18 bits per heavy atom. The summed E-state index contributed by atoms with van der Waals surface area (Å²) in [6, 6.07) is 0. The average Bonchev–Trinajstić information content (AvgIpc) is 2.75. The van der Waals surface area contributed by atoms with E-state index in [1.807, 2.05) is 13.8 Å². The van der Waals surface area contributed by atoms with Crippen LogP contribution in [-0.2, 0) is 39.4 Å². The van der Waals surface area contributed by atoms with E-state index < -0.39 is 65.4 Å². The Balaban J connectivity index is -0.000000349. The first kappa shape index (κ1) is 50.6. The first-order valence-electron chi connectivity index (χ1n) is 13.8. The van der Waals surface area contributed by atoms with Gasteiger partial charge < -0.3 is 30.0 Å². The molecule has 0 aliphatic heterocycles. The molecule has 0 spiro atoms. The minimum atomic E-state index is -5.14. The second kappa shape index (κ2) is 22.3. The van der Waals surface area contributed by atoms with Gasteiger partial charge in [-0.05, 0) is 37.5 Å². The van der Waals surface area contributed by atoms with Gasteiger partial charge in [-0.15, -0.1) is 0 Å². The van der Waals surface area contributed by atoms with Gasteiger partial charge in [0.1, 0.15) is 5.25 Å². The minimum Gasteiger partial charge on any atom is -0.549 e. The normalized spacial score (nSPS) is 13.5. The number of hydrogen-bond donors (Lipinski definition) is 4. The molecule has 0 saturated heterocycles. The molecule has 0 bridgehead atoms. The third-order valence-electron chi connectivity index (χ3n) is 6.87. The predicted octanol–water partition coefficient (Wildman–Crippen LogP) is -4.61. The van der Waals surface area contributed by atoms with Gasteiger partial charge in [0, 0.05) is 11.4 Å². The van der Waals surface area contributed by atoms with Crippen LogP contribution in [0.4, 0.5) is 0 Å². The van der Waals surface area contributed by atoms with Gasteiger partial charge in [-0.25, -0.2) is 0 Å². The fraction of sp³-hybridized carbons (Fsp3) is 0.846. The largest absolute Gasteiger partial charge is 1.00 e. The molecule has 0 aromatic heterocycles. The first-order valence-corrected chi connectivity index (χ1v) is 16.8. The van der Waals surface area contributed by atoms with Crippen LogP contribution in [0.15, 0.2) is 0 Å².